The number of anilines is 1. The lowest BCUT2D eigenvalue weighted by Crippen LogP contribution is -2.18. The Bertz CT molecular complexity index is 900. The van der Waals surface area contributed by atoms with E-state index in [1.807, 2.05) is 0 Å². The summed E-state index contributed by atoms with van der Waals surface area (Å²) in [5.41, 5.74) is -0.193. The summed E-state index contributed by atoms with van der Waals surface area (Å²) in [7, 11) is 0. The van der Waals surface area contributed by atoms with Crippen LogP contribution in [0.2, 0.25) is 5.02 Å². The van der Waals surface area contributed by atoms with Crippen LogP contribution in [0, 0.1) is 5.92 Å². The van der Waals surface area contributed by atoms with Crippen molar-refractivity contribution in [1.82, 2.24) is 0 Å². The summed E-state index contributed by atoms with van der Waals surface area (Å²) in [4.78, 5) is 12.5. The Morgan fingerprint density at radius 3 is 2.48 bits per heavy atom. The molecule has 4 nitrogen and oxygen atoms in total. The number of alkyl halides is 3. The molecular formula is C19H15ClF3NO3. The summed E-state index contributed by atoms with van der Waals surface area (Å²) >= 11 is 6.17. The van der Waals surface area contributed by atoms with E-state index in [2.05, 4.69) is 5.32 Å². The molecule has 1 N–H and O–H groups in total. The van der Waals surface area contributed by atoms with Gasteiger partial charge in [-0.1, -0.05) is 29.8 Å². The van der Waals surface area contributed by atoms with E-state index < -0.39 is 23.6 Å². The van der Waals surface area contributed by atoms with Gasteiger partial charge in [0.2, 0.25) is 5.91 Å². The molecule has 0 radical (unpaired) electrons. The monoisotopic (exact) mass is 397 g/mol. The zero-order valence-electron chi connectivity index (χ0n) is 14.0. The lowest BCUT2D eigenvalue weighted by atomic mass is 10.0. The van der Waals surface area contributed by atoms with Crippen molar-refractivity contribution in [3.05, 3.63) is 52.5 Å². The van der Waals surface area contributed by atoms with Crippen molar-refractivity contribution < 1.29 is 27.4 Å². The van der Waals surface area contributed by atoms with Crippen LogP contribution in [0.15, 0.2) is 36.4 Å². The SMILES string of the molecule is O=C(Nc1cc2c(cc1Cl)OCCO2)C1CC1c1ccccc1C(F)(F)F. The molecule has 2 aromatic carbocycles. The molecule has 2 unspecified atom stereocenters. The van der Waals surface area contributed by atoms with Gasteiger partial charge in [0.1, 0.15) is 13.2 Å². The highest BCUT2D eigenvalue weighted by Crippen LogP contribution is 2.51. The lowest BCUT2D eigenvalue weighted by Gasteiger charge is -2.20. The van der Waals surface area contributed by atoms with Crippen molar-refractivity contribution in [2.45, 2.75) is 18.5 Å². The summed E-state index contributed by atoms with van der Waals surface area (Å²) < 4.78 is 50.4. The number of benzene rings is 2. The molecule has 27 heavy (non-hydrogen) atoms. The van der Waals surface area contributed by atoms with E-state index in [4.69, 9.17) is 21.1 Å². The van der Waals surface area contributed by atoms with Gasteiger partial charge in [0.15, 0.2) is 11.5 Å². The van der Waals surface area contributed by atoms with Crippen molar-refractivity contribution in [3.63, 3.8) is 0 Å². The summed E-state index contributed by atoms with van der Waals surface area (Å²) in [6.45, 7) is 0.804. The van der Waals surface area contributed by atoms with Gasteiger partial charge < -0.3 is 14.8 Å². The van der Waals surface area contributed by atoms with Crippen LogP contribution in [0.5, 0.6) is 11.5 Å². The number of amides is 1. The molecule has 8 heteroatoms. The molecule has 1 saturated carbocycles. The van der Waals surface area contributed by atoms with Gasteiger partial charge in [0, 0.05) is 18.1 Å². The number of carbonyl (C=O) groups excluding carboxylic acids is 1. The first-order chi connectivity index (χ1) is 12.8. The van der Waals surface area contributed by atoms with E-state index >= 15 is 0 Å². The molecule has 1 aliphatic carbocycles. The second-order valence-electron chi connectivity index (χ2n) is 6.50. The van der Waals surface area contributed by atoms with E-state index in [-0.39, 0.29) is 16.5 Å². The molecule has 0 bridgehead atoms. The van der Waals surface area contributed by atoms with Gasteiger partial charge in [-0.3, -0.25) is 4.79 Å². The van der Waals surface area contributed by atoms with Crippen LogP contribution in [-0.2, 0) is 11.0 Å². The summed E-state index contributed by atoms with van der Waals surface area (Å²) in [5.74, 6) is -0.393. The van der Waals surface area contributed by atoms with E-state index in [1.54, 1.807) is 18.2 Å². The smallest absolute Gasteiger partial charge is 0.416 e. The molecule has 0 saturated heterocycles. The quantitative estimate of drug-likeness (QED) is 0.803. The molecule has 142 valence electrons. The highest BCUT2D eigenvalue weighted by molar-refractivity contribution is 6.34. The lowest BCUT2D eigenvalue weighted by molar-refractivity contribution is -0.138. The van der Waals surface area contributed by atoms with E-state index in [9.17, 15) is 18.0 Å². The van der Waals surface area contributed by atoms with Crippen molar-refractivity contribution in [1.29, 1.82) is 0 Å². The number of fused-ring (bicyclic) bond motifs is 1. The Morgan fingerprint density at radius 1 is 1.11 bits per heavy atom. The fourth-order valence-electron chi connectivity index (χ4n) is 3.29. The van der Waals surface area contributed by atoms with Crippen LogP contribution >= 0.6 is 11.6 Å². The van der Waals surface area contributed by atoms with Crippen LogP contribution in [0.3, 0.4) is 0 Å². The van der Waals surface area contributed by atoms with E-state index in [0.717, 1.165) is 6.07 Å². The largest absolute Gasteiger partial charge is 0.486 e. The van der Waals surface area contributed by atoms with Crippen LogP contribution < -0.4 is 14.8 Å². The molecule has 1 fully saturated rings. The first-order valence-corrected chi connectivity index (χ1v) is 8.78. The maximum absolute atomic E-state index is 13.2. The second kappa shape index (κ2) is 6.64. The Kier molecular flexibility index (Phi) is 4.42. The highest BCUT2D eigenvalue weighted by atomic mass is 35.5. The van der Waals surface area contributed by atoms with Crippen LogP contribution in [-0.4, -0.2) is 19.1 Å². The summed E-state index contributed by atoms with van der Waals surface area (Å²) in [5, 5.41) is 2.97. The molecule has 4 rings (SSSR count). The van der Waals surface area contributed by atoms with Crippen LogP contribution in [0.4, 0.5) is 18.9 Å². The van der Waals surface area contributed by atoms with Crippen molar-refractivity contribution >= 4 is 23.2 Å². The van der Waals surface area contributed by atoms with Crippen LogP contribution in [0.25, 0.3) is 0 Å². The number of nitrogens with one attached hydrogen (secondary N) is 1. The Balaban J connectivity index is 1.50. The molecule has 1 heterocycles. The minimum atomic E-state index is -4.45. The zero-order chi connectivity index (χ0) is 19.2. The standard InChI is InChI=1S/C19H15ClF3NO3/c20-14-8-16-17(27-6-5-26-16)9-15(14)24-18(25)12-7-11(12)10-3-1-2-4-13(10)19(21,22)23/h1-4,8-9,11-12H,5-7H2,(H,24,25). The molecule has 1 aliphatic heterocycles. The maximum atomic E-state index is 13.2. The molecule has 2 atom stereocenters. The predicted octanol–water partition coefficient (Wildman–Crippen LogP) is 4.87. The van der Waals surface area contributed by atoms with Gasteiger partial charge in [-0.2, -0.15) is 13.2 Å². The fourth-order valence-corrected chi connectivity index (χ4v) is 3.49. The number of carbonyl (C=O) groups is 1. The maximum Gasteiger partial charge on any atom is 0.416 e. The van der Waals surface area contributed by atoms with E-state index in [1.165, 1.54) is 12.1 Å². The molecule has 0 spiro atoms. The molecule has 0 aromatic heterocycles. The third kappa shape index (κ3) is 3.56. The number of rotatable bonds is 3. The fraction of sp³-hybridized carbons (Fsp3) is 0.316. The van der Waals surface area contributed by atoms with Gasteiger partial charge in [-0.15, -0.1) is 0 Å². The van der Waals surface area contributed by atoms with Crippen molar-refractivity contribution in [3.8, 4) is 11.5 Å². The first-order valence-electron chi connectivity index (χ1n) is 8.40. The number of halogens is 4. The third-order valence-electron chi connectivity index (χ3n) is 4.68. The number of hydrogen-bond donors (Lipinski definition) is 1. The normalized spacial score (nSPS) is 20.9. The highest BCUT2D eigenvalue weighted by Gasteiger charge is 2.48. The second-order valence-corrected chi connectivity index (χ2v) is 6.91. The molecular weight excluding hydrogens is 383 g/mol. The topological polar surface area (TPSA) is 47.6 Å². The van der Waals surface area contributed by atoms with Gasteiger partial charge in [-0.25, -0.2) is 0 Å². The van der Waals surface area contributed by atoms with Crippen molar-refractivity contribution in [2.24, 2.45) is 5.92 Å². The Labute approximate surface area is 158 Å². The zero-order valence-corrected chi connectivity index (χ0v) is 14.7. The Hall–Kier alpha value is -2.41. The number of ether oxygens (including phenoxy) is 2. The van der Waals surface area contributed by atoms with Gasteiger partial charge in [-0.05, 0) is 24.0 Å². The average Bonchev–Trinajstić information content (AvgIpc) is 3.42. The summed E-state index contributed by atoms with van der Waals surface area (Å²) in [6, 6.07) is 8.48. The predicted molar refractivity (Wildman–Crippen MR) is 93.4 cm³/mol. The first kappa shape index (κ1) is 18.0. The molecule has 1 amide bonds. The number of hydrogen-bond acceptors (Lipinski definition) is 3. The van der Waals surface area contributed by atoms with Gasteiger partial charge in [0.05, 0.1) is 16.3 Å². The van der Waals surface area contributed by atoms with Gasteiger partial charge >= 0.3 is 6.18 Å². The molecule has 2 aliphatic rings. The van der Waals surface area contributed by atoms with Gasteiger partial charge in [0.25, 0.3) is 0 Å². The minimum Gasteiger partial charge on any atom is -0.486 e. The average molecular weight is 398 g/mol. The Morgan fingerprint density at radius 2 is 1.78 bits per heavy atom. The molecule has 2 aromatic rings. The summed E-state index contributed by atoms with van der Waals surface area (Å²) in [6.07, 6.45) is -4.08. The minimum absolute atomic E-state index is 0.151. The van der Waals surface area contributed by atoms with E-state index in [0.29, 0.717) is 36.8 Å². The van der Waals surface area contributed by atoms with Crippen LogP contribution in [0.1, 0.15) is 23.5 Å². The third-order valence-corrected chi connectivity index (χ3v) is 5.00. The van der Waals surface area contributed by atoms with Crippen molar-refractivity contribution in [2.75, 3.05) is 18.5 Å².